The van der Waals surface area contributed by atoms with E-state index in [1.807, 2.05) is 0 Å². The number of carbonyl (C=O) groups is 3. The third kappa shape index (κ3) is 3.45. The van der Waals surface area contributed by atoms with E-state index in [0.717, 1.165) is 19.8 Å². The zero-order valence-corrected chi connectivity index (χ0v) is 15.7. The fraction of sp³-hybridized carbons (Fsp3) is 0.611. The zero-order chi connectivity index (χ0) is 19.8. The Bertz CT molecular complexity index is 861. The first-order valence-electron chi connectivity index (χ1n) is 9.07. The highest BCUT2D eigenvalue weighted by Crippen LogP contribution is 2.43. The average molecular weight is 377 g/mol. The van der Waals surface area contributed by atoms with Gasteiger partial charge in [0.2, 0.25) is 11.7 Å². The maximum atomic E-state index is 13.1. The van der Waals surface area contributed by atoms with Crippen LogP contribution in [0.2, 0.25) is 0 Å². The van der Waals surface area contributed by atoms with Gasteiger partial charge >= 0.3 is 11.9 Å². The Kier molecular flexibility index (Phi) is 5.03. The molecule has 3 rings (SSSR count). The van der Waals surface area contributed by atoms with Crippen LogP contribution in [0.5, 0.6) is 5.75 Å². The second kappa shape index (κ2) is 7.13. The van der Waals surface area contributed by atoms with Crippen LogP contribution >= 0.6 is 0 Å². The van der Waals surface area contributed by atoms with E-state index in [1.165, 1.54) is 11.5 Å². The highest BCUT2D eigenvalue weighted by molar-refractivity contribution is 5.91. The lowest BCUT2D eigenvalue weighted by Gasteiger charge is -2.46. The molecule has 0 radical (unpaired) electrons. The first kappa shape index (κ1) is 19.1. The number of esters is 2. The molecule has 2 unspecified atom stereocenters. The molecule has 1 aliphatic carbocycles. The molecule has 0 aromatic carbocycles. The summed E-state index contributed by atoms with van der Waals surface area (Å²) in [5, 5.41) is 2.95. The molecule has 2 atom stereocenters. The second-order valence-corrected chi connectivity index (χ2v) is 7.07. The molecule has 1 N–H and O–H groups in total. The molecule has 1 saturated carbocycles. The highest BCUT2D eigenvalue weighted by Gasteiger charge is 2.47. The third-order valence-electron chi connectivity index (χ3n) is 4.98. The molecule has 2 heterocycles. The topological polar surface area (TPSA) is 117 Å². The van der Waals surface area contributed by atoms with Crippen LogP contribution in [0.4, 0.5) is 0 Å². The Balaban J connectivity index is 2.24. The summed E-state index contributed by atoms with van der Waals surface area (Å²) >= 11 is 0. The van der Waals surface area contributed by atoms with E-state index >= 15 is 0 Å². The third-order valence-corrected chi connectivity index (χ3v) is 4.98. The van der Waals surface area contributed by atoms with Crippen LogP contribution in [-0.2, 0) is 26.4 Å². The molecule has 146 valence electrons. The molecule has 9 nitrogen and oxygen atoms in total. The summed E-state index contributed by atoms with van der Waals surface area (Å²) in [5.41, 5.74) is -1.76. The molecule has 1 aromatic heterocycles. The minimum Gasteiger partial charge on any atom is -0.461 e. The van der Waals surface area contributed by atoms with Crippen LogP contribution in [0.1, 0.15) is 62.8 Å². The lowest BCUT2D eigenvalue weighted by atomic mass is 9.72. The standard InChI is InChI=1S/C18H23N3O6/c1-4-26-16(25)13-14(27-11(3)23)15(24)21-9-12-6-5-7-18(8-12,17(21)19-13)20-10(2)22/h12H,4-9H2,1-3H3,(H,20,22). The van der Waals surface area contributed by atoms with E-state index in [4.69, 9.17) is 9.47 Å². The van der Waals surface area contributed by atoms with Gasteiger partial charge < -0.3 is 14.8 Å². The molecule has 0 spiro atoms. The lowest BCUT2D eigenvalue weighted by Crippen LogP contribution is -2.56. The van der Waals surface area contributed by atoms with Gasteiger partial charge in [-0.2, -0.15) is 0 Å². The number of hydrogen-bond acceptors (Lipinski definition) is 7. The monoisotopic (exact) mass is 377 g/mol. The summed E-state index contributed by atoms with van der Waals surface area (Å²) in [6.07, 6.45) is 3.07. The van der Waals surface area contributed by atoms with Crippen molar-refractivity contribution in [1.82, 2.24) is 14.9 Å². The number of nitrogens with one attached hydrogen (secondary N) is 1. The minimum absolute atomic E-state index is 0.0807. The van der Waals surface area contributed by atoms with Crippen LogP contribution < -0.4 is 15.6 Å². The molecule has 1 aliphatic heterocycles. The Morgan fingerprint density at radius 3 is 2.70 bits per heavy atom. The van der Waals surface area contributed by atoms with Gasteiger partial charge in [-0.3, -0.25) is 19.0 Å². The first-order chi connectivity index (χ1) is 12.8. The maximum absolute atomic E-state index is 13.1. The smallest absolute Gasteiger partial charge is 0.361 e. The van der Waals surface area contributed by atoms with Gasteiger partial charge in [0.15, 0.2) is 5.69 Å². The van der Waals surface area contributed by atoms with Crippen molar-refractivity contribution >= 4 is 17.8 Å². The molecule has 2 aliphatic rings. The highest BCUT2D eigenvalue weighted by atomic mass is 16.5. The Labute approximate surface area is 156 Å². The number of ether oxygens (including phenoxy) is 2. The van der Waals surface area contributed by atoms with Gasteiger partial charge in [0, 0.05) is 20.4 Å². The summed E-state index contributed by atoms with van der Waals surface area (Å²) in [6, 6.07) is 0. The molecule has 0 saturated heterocycles. The molecule has 1 fully saturated rings. The van der Waals surface area contributed by atoms with Crippen molar-refractivity contribution in [3.63, 3.8) is 0 Å². The van der Waals surface area contributed by atoms with Gasteiger partial charge in [-0.05, 0) is 32.1 Å². The van der Waals surface area contributed by atoms with Crippen LogP contribution in [0, 0.1) is 5.92 Å². The van der Waals surface area contributed by atoms with Crippen molar-refractivity contribution in [3.8, 4) is 5.75 Å². The Morgan fingerprint density at radius 1 is 1.33 bits per heavy atom. The number of nitrogens with zero attached hydrogens (tertiary/aromatic N) is 2. The van der Waals surface area contributed by atoms with Crippen LogP contribution in [-0.4, -0.2) is 34.0 Å². The first-order valence-corrected chi connectivity index (χ1v) is 9.07. The average Bonchev–Trinajstić information content (AvgIpc) is 2.57. The quantitative estimate of drug-likeness (QED) is 0.774. The number of rotatable bonds is 4. The van der Waals surface area contributed by atoms with E-state index in [1.54, 1.807) is 6.92 Å². The fourth-order valence-corrected chi connectivity index (χ4v) is 4.16. The Morgan fingerprint density at radius 2 is 2.07 bits per heavy atom. The van der Waals surface area contributed by atoms with Gasteiger partial charge in [0.05, 0.1) is 12.1 Å². The molecule has 2 bridgehead atoms. The summed E-state index contributed by atoms with van der Waals surface area (Å²) in [6.45, 7) is 4.66. The zero-order valence-electron chi connectivity index (χ0n) is 15.7. The normalized spacial score (nSPS) is 23.1. The van der Waals surface area contributed by atoms with Crippen molar-refractivity contribution in [3.05, 3.63) is 21.9 Å². The van der Waals surface area contributed by atoms with E-state index in [2.05, 4.69) is 10.3 Å². The van der Waals surface area contributed by atoms with E-state index in [9.17, 15) is 19.2 Å². The second-order valence-electron chi connectivity index (χ2n) is 7.07. The molecule has 1 aromatic rings. The van der Waals surface area contributed by atoms with E-state index in [-0.39, 0.29) is 24.1 Å². The largest absolute Gasteiger partial charge is 0.461 e. The van der Waals surface area contributed by atoms with Gasteiger partial charge in [0.25, 0.3) is 5.56 Å². The van der Waals surface area contributed by atoms with Crippen molar-refractivity contribution in [2.45, 2.75) is 58.5 Å². The Hall–Kier alpha value is -2.71. The number of aromatic nitrogens is 2. The molecule has 27 heavy (non-hydrogen) atoms. The minimum atomic E-state index is -0.842. The van der Waals surface area contributed by atoms with Crippen LogP contribution in [0.3, 0.4) is 0 Å². The van der Waals surface area contributed by atoms with Gasteiger partial charge in [-0.25, -0.2) is 9.78 Å². The van der Waals surface area contributed by atoms with Crippen LogP contribution in [0.25, 0.3) is 0 Å². The SMILES string of the molecule is CCOC(=O)c1nc2n(c(=O)c1OC(C)=O)CC1CCCC2(NC(C)=O)C1. The van der Waals surface area contributed by atoms with E-state index < -0.39 is 28.8 Å². The molecule has 9 heteroatoms. The molecular formula is C18H23N3O6. The summed E-state index contributed by atoms with van der Waals surface area (Å²) in [5.74, 6) is -1.73. The summed E-state index contributed by atoms with van der Waals surface area (Å²) in [7, 11) is 0. The number of hydrogen-bond donors (Lipinski definition) is 1. The van der Waals surface area contributed by atoms with Gasteiger partial charge in [0.1, 0.15) is 5.82 Å². The predicted octanol–water partition coefficient (Wildman–Crippen LogP) is 0.880. The molecular weight excluding hydrogens is 354 g/mol. The number of amides is 1. The van der Waals surface area contributed by atoms with E-state index in [0.29, 0.717) is 25.2 Å². The predicted molar refractivity (Wildman–Crippen MR) is 93.2 cm³/mol. The fourth-order valence-electron chi connectivity index (χ4n) is 4.16. The maximum Gasteiger partial charge on any atom is 0.361 e. The van der Waals surface area contributed by atoms with Crippen molar-refractivity contribution < 1.29 is 23.9 Å². The molecule has 1 amide bonds. The van der Waals surface area contributed by atoms with Gasteiger partial charge in [-0.15, -0.1) is 0 Å². The van der Waals surface area contributed by atoms with Crippen LogP contribution in [0.15, 0.2) is 4.79 Å². The van der Waals surface area contributed by atoms with Gasteiger partial charge in [-0.1, -0.05) is 6.42 Å². The van der Waals surface area contributed by atoms with Crippen molar-refractivity contribution in [1.29, 1.82) is 0 Å². The summed E-state index contributed by atoms with van der Waals surface area (Å²) in [4.78, 5) is 53.1. The van der Waals surface area contributed by atoms with Crippen molar-refractivity contribution in [2.24, 2.45) is 5.92 Å². The lowest BCUT2D eigenvalue weighted by molar-refractivity contribution is -0.132. The number of fused-ring (bicyclic) bond motifs is 4. The summed E-state index contributed by atoms with van der Waals surface area (Å²) < 4.78 is 11.4. The van der Waals surface area contributed by atoms with Crippen molar-refractivity contribution in [2.75, 3.05) is 6.61 Å². The number of carbonyl (C=O) groups excluding carboxylic acids is 3.